The normalized spacial score (nSPS) is 43.2. The van der Waals surface area contributed by atoms with Crippen LogP contribution in [0.3, 0.4) is 0 Å². The molecule has 8 saturated carbocycles. The van der Waals surface area contributed by atoms with E-state index in [-0.39, 0.29) is 34.8 Å². The molecule has 0 spiro atoms. The molecule has 6 heteroatoms. The van der Waals surface area contributed by atoms with Gasteiger partial charge >= 0.3 is 11.9 Å². The lowest BCUT2D eigenvalue weighted by atomic mass is 9.32. The maximum atomic E-state index is 12.0. The number of aryl methyl sites for hydroxylation is 1. The zero-order valence-corrected chi connectivity index (χ0v) is 55.1. The van der Waals surface area contributed by atoms with Crippen molar-refractivity contribution < 1.29 is 29.3 Å². The van der Waals surface area contributed by atoms with Crippen LogP contribution in [-0.2, 0) is 4.79 Å². The summed E-state index contributed by atoms with van der Waals surface area (Å²) in [6.45, 7) is 47.2. The number of carbonyl (C=O) groups excluding carboxylic acids is 1. The zero-order valence-electron chi connectivity index (χ0n) is 55.1. The van der Waals surface area contributed by atoms with Crippen molar-refractivity contribution >= 4 is 29.6 Å². The van der Waals surface area contributed by atoms with Crippen molar-refractivity contribution in [1.82, 2.24) is 0 Å². The molecule has 0 bridgehead atoms. The molecule has 0 amide bonds. The van der Waals surface area contributed by atoms with Crippen molar-refractivity contribution in [2.75, 3.05) is 0 Å². The predicted molar refractivity (Wildman–Crippen MR) is 350 cm³/mol. The molecule has 6 nitrogen and oxygen atoms in total. The fourth-order valence-electron chi connectivity index (χ4n) is 26.0. The Morgan fingerprint density at radius 2 is 0.965 bits per heavy atom. The van der Waals surface area contributed by atoms with Crippen LogP contribution in [0, 0.1) is 120 Å². The van der Waals surface area contributed by atoms with Crippen molar-refractivity contribution in [3.8, 4) is 5.75 Å². The Bertz CT molecular complexity index is 3080. The van der Waals surface area contributed by atoms with Crippen LogP contribution in [-0.4, -0.2) is 28.6 Å². The van der Waals surface area contributed by atoms with Crippen LogP contribution in [0.5, 0.6) is 5.75 Å². The van der Waals surface area contributed by atoms with Gasteiger partial charge < -0.3 is 14.9 Å². The Morgan fingerprint density at radius 3 is 1.35 bits per heavy atom. The van der Waals surface area contributed by atoms with Gasteiger partial charge in [0.25, 0.3) is 6.47 Å². The van der Waals surface area contributed by atoms with Crippen molar-refractivity contribution in [3.05, 3.63) is 101 Å². The van der Waals surface area contributed by atoms with E-state index in [1.165, 1.54) is 156 Å². The fraction of sp³-hybridized carbons (Fsp3) is 0.709. The summed E-state index contributed by atoms with van der Waals surface area (Å²) in [5.74, 6) is 5.52. The lowest BCUT2D eigenvalue weighted by molar-refractivity contribution is -0.225. The van der Waals surface area contributed by atoms with Crippen LogP contribution in [0.25, 0.3) is 11.1 Å². The Labute approximate surface area is 515 Å². The summed E-state index contributed by atoms with van der Waals surface area (Å²) in [6.07, 6.45) is 31.6. The number of hydrogen-bond acceptors (Lipinski definition) is 4. The number of allylic oxidation sites excluding steroid dienone is 6. The van der Waals surface area contributed by atoms with Gasteiger partial charge in [-0.15, -0.1) is 0 Å². The van der Waals surface area contributed by atoms with Crippen molar-refractivity contribution in [2.45, 2.75) is 240 Å². The number of aromatic carboxylic acids is 2. The lowest BCUT2D eigenvalue weighted by Crippen LogP contribution is -2.65. The van der Waals surface area contributed by atoms with Crippen LogP contribution in [0.15, 0.2) is 72.9 Å². The van der Waals surface area contributed by atoms with Gasteiger partial charge in [0, 0.05) is 0 Å². The average molecular weight is 1160 g/mol. The molecule has 85 heavy (non-hydrogen) atoms. The molecule has 0 radical (unpaired) electrons. The number of rotatable bonds is 10. The average Bonchev–Trinajstić information content (AvgIpc) is 1.87. The SMILES string of the molecule is C.C=C(C)[C@@H]1CC[C@]2(CC)CC[C@]3(C)[C@H](CC[C@@H]4[C@@]5(C)CC=C(c6ccc(C(=O)O)c(C(=O)O)c6)C(C)(C)[C@@H]5CC[C@]43C)[C@@H]12.C=C(C)[C@@H]1CC[C@]2(CC)CC[C@]3(C)[C@H](CC[C@@H]4[C@@]5(C)CC=C(c6ccc(OC=O)c(C)c6)C(C)(C)[C@@H]5CC[C@]43C)[C@@H]12. The molecule has 0 unspecified atom stereocenters. The monoisotopic (exact) mass is 1160 g/mol. The van der Waals surface area contributed by atoms with Gasteiger partial charge in [-0.3, -0.25) is 4.79 Å². The number of carboxylic acids is 2. The number of ether oxygens (including phenoxy) is 1. The number of carboxylic acid groups (broad SMARTS) is 2. The molecule has 8 fully saturated rings. The molecule has 2 aromatic rings. The maximum Gasteiger partial charge on any atom is 0.336 e. The van der Waals surface area contributed by atoms with E-state index in [2.05, 4.69) is 134 Å². The van der Waals surface area contributed by atoms with Crippen molar-refractivity contribution in [3.63, 3.8) is 0 Å². The minimum Gasteiger partial charge on any atom is -0.478 e. The minimum atomic E-state index is -1.20. The highest BCUT2D eigenvalue weighted by atomic mass is 16.5. The largest absolute Gasteiger partial charge is 0.478 e. The number of fused-ring (bicyclic) bond motifs is 14. The summed E-state index contributed by atoms with van der Waals surface area (Å²) >= 11 is 0. The molecule has 0 heterocycles. The van der Waals surface area contributed by atoms with Crippen LogP contribution in [0.2, 0.25) is 0 Å². The molecule has 2 N–H and O–H groups in total. The van der Waals surface area contributed by atoms with Gasteiger partial charge in [0.05, 0.1) is 11.1 Å². The topological polar surface area (TPSA) is 101 Å². The second-order valence-corrected chi connectivity index (χ2v) is 33.5. The summed E-state index contributed by atoms with van der Waals surface area (Å²) in [5, 5.41) is 19.4. The molecular weight excluding hydrogens is 1040 g/mol. The molecule has 10 aliphatic rings. The molecular formula is C79H114O6. The highest BCUT2D eigenvalue weighted by Gasteiger charge is 2.72. The second kappa shape index (κ2) is 21.5. The van der Waals surface area contributed by atoms with E-state index in [0.29, 0.717) is 73.8 Å². The Balaban J connectivity index is 0.000000187. The van der Waals surface area contributed by atoms with Crippen LogP contribution >= 0.6 is 0 Å². The van der Waals surface area contributed by atoms with Gasteiger partial charge in [0.15, 0.2) is 0 Å². The van der Waals surface area contributed by atoms with Crippen LogP contribution in [0.1, 0.15) is 270 Å². The zero-order chi connectivity index (χ0) is 60.9. The lowest BCUT2D eigenvalue weighted by Gasteiger charge is -2.72. The second-order valence-electron chi connectivity index (χ2n) is 33.5. The Morgan fingerprint density at radius 1 is 0.541 bits per heavy atom. The van der Waals surface area contributed by atoms with Crippen LogP contribution in [0.4, 0.5) is 0 Å². The predicted octanol–water partition coefficient (Wildman–Crippen LogP) is 21.4. The van der Waals surface area contributed by atoms with E-state index < -0.39 is 11.9 Å². The summed E-state index contributed by atoms with van der Waals surface area (Å²) in [6, 6.07) is 11.3. The highest BCUT2D eigenvalue weighted by molar-refractivity contribution is 6.02. The summed E-state index contributed by atoms with van der Waals surface area (Å²) in [5.41, 5.74) is 11.4. The first-order chi connectivity index (χ1) is 39.4. The minimum absolute atomic E-state index is 0. The van der Waals surface area contributed by atoms with Gasteiger partial charge in [0.2, 0.25) is 0 Å². The fourth-order valence-corrected chi connectivity index (χ4v) is 26.0. The molecule has 0 aromatic heterocycles. The van der Waals surface area contributed by atoms with E-state index in [9.17, 15) is 24.6 Å². The number of hydrogen-bond donors (Lipinski definition) is 2. The number of benzene rings is 2. The standard InChI is InChI=1S/C39H54O4.C39H56O2.CH4/c1-9-39-19-14-25(23(2)3)32(39)29-12-13-31-36(6)17-15-28(24-10-11-26(33(40)41)27(22-24)34(42)43)35(4,5)30(36)16-18-38(31,8)37(29,7)20-21-39;1-10-39-20-15-28(25(2)3)34(39)30-12-14-33-36(7)18-16-29(27-11-13-31(41-24-40)26(4)23-27)35(5,6)32(36)17-19-38(33,9)37(30,8)21-22-39;/h10-11,15,22,25,29-32H,2,9,12-14,16-21H2,1,3-8H3,(H,40,41)(H,42,43);11,13,16,23-24,28,30,32-34H,2,10,12,14-15,17-22H2,1,3-9H3;1H4/t25-,29+,30-,31+,32+,36-,37+,38+,39+;28-,30+,32-,33+,34+,36-,37+,38+,39+;/m00./s1. The molecule has 18 atom stereocenters. The first-order valence-electron chi connectivity index (χ1n) is 33.9. The molecule has 12 rings (SSSR count). The third-order valence-electron chi connectivity index (χ3n) is 30.5. The van der Waals surface area contributed by atoms with E-state index in [4.69, 9.17) is 4.74 Å². The van der Waals surface area contributed by atoms with Crippen LogP contribution < -0.4 is 4.74 Å². The molecule has 0 saturated heterocycles. The summed E-state index contributed by atoms with van der Waals surface area (Å²) in [4.78, 5) is 34.7. The first kappa shape index (κ1) is 63.8. The van der Waals surface area contributed by atoms with Gasteiger partial charge in [-0.1, -0.05) is 152 Å². The van der Waals surface area contributed by atoms with Gasteiger partial charge in [-0.05, 0) is 302 Å². The summed E-state index contributed by atoms with van der Waals surface area (Å²) in [7, 11) is 0. The Kier molecular flexibility index (Phi) is 16.1. The molecule has 466 valence electrons. The third kappa shape index (κ3) is 8.92. The van der Waals surface area contributed by atoms with Crippen molar-refractivity contribution in [2.24, 2.45) is 113 Å². The van der Waals surface area contributed by atoms with Gasteiger partial charge in [-0.25, -0.2) is 9.59 Å². The Hall–Kier alpha value is -4.19. The molecule has 2 aromatic carbocycles. The number of carbonyl (C=O) groups is 3. The third-order valence-corrected chi connectivity index (χ3v) is 30.5. The quantitative estimate of drug-likeness (QED) is 0.182. The smallest absolute Gasteiger partial charge is 0.336 e. The molecule has 0 aliphatic heterocycles. The van der Waals surface area contributed by atoms with Crippen molar-refractivity contribution in [1.29, 1.82) is 0 Å². The highest BCUT2D eigenvalue weighted by Crippen LogP contribution is 2.80. The van der Waals surface area contributed by atoms with E-state index in [0.717, 1.165) is 53.1 Å². The van der Waals surface area contributed by atoms with E-state index >= 15 is 0 Å². The van der Waals surface area contributed by atoms with E-state index in [1.807, 2.05) is 19.1 Å². The molecule has 10 aliphatic carbocycles. The van der Waals surface area contributed by atoms with Gasteiger partial charge in [0.1, 0.15) is 5.75 Å². The van der Waals surface area contributed by atoms with Gasteiger partial charge in [-0.2, -0.15) is 0 Å². The summed E-state index contributed by atoms with van der Waals surface area (Å²) < 4.78 is 5.21. The maximum absolute atomic E-state index is 12.0. The first-order valence-corrected chi connectivity index (χ1v) is 33.9. The van der Waals surface area contributed by atoms with E-state index in [1.54, 1.807) is 6.07 Å².